The van der Waals surface area contributed by atoms with Crippen LogP contribution in [-0.4, -0.2) is 5.11 Å². The molecule has 0 spiro atoms. The van der Waals surface area contributed by atoms with Crippen LogP contribution in [0.2, 0.25) is 0 Å². The SMILES string of the molecule is CCCCCCCCCCCCCc1ccc2cc(CO)ccc2c1. The molecule has 2 aromatic carbocycles. The Morgan fingerprint density at radius 2 is 1.08 bits per heavy atom. The zero-order valence-corrected chi connectivity index (χ0v) is 16.1. The van der Waals surface area contributed by atoms with Gasteiger partial charge in [0.15, 0.2) is 0 Å². The third kappa shape index (κ3) is 7.61. The normalized spacial score (nSPS) is 11.3. The van der Waals surface area contributed by atoms with Crippen molar-refractivity contribution < 1.29 is 5.11 Å². The van der Waals surface area contributed by atoms with Gasteiger partial charge in [-0.25, -0.2) is 0 Å². The molecule has 0 aliphatic carbocycles. The minimum Gasteiger partial charge on any atom is -0.392 e. The van der Waals surface area contributed by atoms with Crippen LogP contribution in [0.25, 0.3) is 10.8 Å². The van der Waals surface area contributed by atoms with Crippen LogP contribution in [0, 0.1) is 0 Å². The summed E-state index contributed by atoms with van der Waals surface area (Å²) < 4.78 is 0. The summed E-state index contributed by atoms with van der Waals surface area (Å²) in [6.45, 7) is 2.40. The lowest BCUT2D eigenvalue weighted by molar-refractivity contribution is 0.282. The maximum atomic E-state index is 9.22. The van der Waals surface area contributed by atoms with Gasteiger partial charge in [-0.3, -0.25) is 0 Å². The summed E-state index contributed by atoms with van der Waals surface area (Å²) >= 11 is 0. The first-order chi connectivity index (χ1) is 12.3. The fraction of sp³-hybridized carbons (Fsp3) is 0.583. The largest absolute Gasteiger partial charge is 0.392 e. The first-order valence-corrected chi connectivity index (χ1v) is 10.5. The second-order valence-electron chi connectivity index (χ2n) is 7.46. The molecule has 0 aliphatic heterocycles. The second-order valence-corrected chi connectivity index (χ2v) is 7.46. The Kier molecular flexibility index (Phi) is 9.66. The van der Waals surface area contributed by atoms with Crippen LogP contribution in [0.1, 0.15) is 88.7 Å². The van der Waals surface area contributed by atoms with Crippen molar-refractivity contribution in [1.82, 2.24) is 0 Å². The molecule has 0 fully saturated rings. The van der Waals surface area contributed by atoms with Crippen LogP contribution in [0.3, 0.4) is 0 Å². The summed E-state index contributed by atoms with van der Waals surface area (Å²) in [5, 5.41) is 11.7. The zero-order valence-electron chi connectivity index (χ0n) is 16.1. The highest BCUT2D eigenvalue weighted by Crippen LogP contribution is 2.20. The van der Waals surface area contributed by atoms with Crippen molar-refractivity contribution in [2.45, 2.75) is 90.6 Å². The van der Waals surface area contributed by atoms with Gasteiger partial charge in [0.05, 0.1) is 6.61 Å². The standard InChI is InChI=1S/C24H36O/c1-2-3-4-5-6-7-8-9-10-11-12-13-21-14-16-24-19-22(20-25)15-17-23(24)18-21/h14-19,25H,2-13,20H2,1H3. The van der Waals surface area contributed by atoms with Crippen molar-refractivity contribution in [2.75, 3.05) is 0 Å². The highest BCUT2D eigenvalue weighted by atomic mass is 16.3. The van der Waals surface area contributed by atoms with Crippen LogP contribution < -0.4 is 0 Å². The van der Waals surface area contributed by atoms with Gasteiger partial charge in [-0.05, 0) is 40.8 Å². The molecule has 0 saturated heterocycles. The van der Waals surface area contributed by atoms with Crippen molar-refractivity contribution in [1.29, 1.82) is 0 Å². The molecule has 0 aliphatic rings. The zero-order chi connectivity index (χ0) is 17.7. The average Bonchev–Trinajstić information content (AvgIpc) is 2.65. The molecule has 0 bridgehead atoms. The number of hydrogen-bond donors (Lipinski definition) is 1. The van der Waals surface area contributed by atoms with E-state index in [1.807, 2.05) is 6.07 Å². The molecule has 2 aromatic rings. The van der Waals surface area contributed by atoms with E-state index >= 15 is 0 Å². The van der Waals surface area contributed by atoms with E-state index in [0.29, 0.717) is 0 Å². The van der Waals surface area contributed by atoms with E-state index < -0.39 is 0 Å². The maximum Gasteiger partial charge on any atom is 0.0682 e. The lowest BCUT2D eigenvalue weighted by Crippen LogP contribution is -1.88. The third-order valence-electron chi connectivity index (χ3n) is 5.22. The Morgan fingerprint density at radius 3 is 1.64 bits per heavy atom. The van der Waals surface area contributed by atoms with Gasteiger partial charge >= 0.3 is 0 Å². The highest BCUT2D eigenvalue weighted by molar-refractivity contribution is 5.83. The van der Waals surface area contributed by atoms with Crippen LogP contribution in [0.4, 0.5) is 0 Å². The quantitative estimate of drug-likeness (QED) is 0.383. The fourth-order valence-electron chi connectivity index (χ4n) is 3.59. The molecular formula is C24H36O. The summed E-state index contributed by atoms with van der Waals surface area (Å²) in [6, 6.07) is 13.0. The fourth-order valence-corrected chi connectivity index (χ4v) is 3.59. The highest BCUT2D eigenvalue weighted by Gasteiger charge is 1.99. The van der Waals surface area contributed by atoms with E-state index in [1.54, 1.807) is 0 Å². The first kappa shape index (κ1) is 20.0. The molecule has 1 N–H and O–H groups in total. The van der Waals surface area contributed by atoms with Crippen LogP contribution in [0.5, 0.6) is 0 Å². The van der Waals surface area contributed by atoms with E-state index in [0.717, 1.165) is 5.56 Å². The van der Waals surface area contributed by atoms with Crippen molar-refractivity contribution in [3.8, 4) is 0 Å². The Bertz CT molecular complexity index is 602. The predicted octanol–water partition coefficient (Wildman–Crippen LogP) is 7.19. The lowest BCUT2D eigenvalue weighted by Gasteiger charge is -2.06. The summed E-state index contributed by atoms with van der Waals surface area (Å²) in [6.07, 6.45) is 16.6. The number of aliphatic hydroxyl groups is 1. The van der Waals surface area contributed by atoms with Crippen molar-refractivity contribution in [3.05, 3.63) is 47.5 Å². The summed E-state index contributed by atoms with van der Waals surface area (Å²) in [7, 11) is 0. The van der Waals surface area contributed by atoms with Crippen molar-refractivity contribution in [3.63, 3.8) is 0 Å². The Labute approximate surface area is 154 Å². The van der Waals surface area contributed by atoms with E-state index in [1.165, 1.54) is 93.4 Å². The number of hydrogen-bond acceptors (Lipinski definition) is 1. The number of rotatable bonds is 13. The van der Waals surface area contributed by atoms with Crippen LogP contribution in [0.15, 0.2) is 36.4 Å². The van der Waals surface area contributed by atoms with Gasteiger partial charge in [0.25, 0.3) is 0 Å². The maximum absolute atomic E-state index is 9.22. The van der Waals surface area contributed by atoms with E-state index in [4.69, 9.17) is 0 Å². The molecule has 138 valence electrons. The molecule has 0 amide bonds. The number of fused-ring (bicyclic) bond motifs is 1. The van der Waals surface area contributed by atoms with Crippen LogP contribution >= 0.6 is 0 Å². The molecule has 0 atom stereocenters. The summed E-state index contributed by atoms with van der Waals surface area (Å²) in [5.74, 6) is 0. The van der Waals surface area contributed by atoms with Gasteiger partial charge in [0, 0.05) is 0 Å². The smallest absolute Gasteiger partial charge is 0.0682 e. The number of benzene rings is 2. The molecule has 2 rings (SSSR count). The third-order valence-corrected chi connectivity index (χ3v) is 5.22. The molecule has 0 radical (unpaired) electrons. The topological polar surface area (TPSA) is 20.2 Å². The minimum absolute atomic E-state index is 0.121. The Morgan fingerprint density at radius 1 is 0.600 bits per heavy atom. The van der Waals surface area contributed by atoms with E-state index in [-0.39, 0.29) is 6.61 Å². The monoisotopic (exact) mass is 340 g/mol. The van der Waals surface area contributed by atoms with E-state index in [9.17, 15) is 5.11 Å². The van der Waals surface area contributed by atoms with Gasteiger partial charge < -0.3 is 5.11 Å². The first-order valence-electron chi connectivity index (χ1n) is 10.5. The van der Waals surface area contributed by atoms with Gasteiger partial charge in [0.1, 0.15) is 0 Å². The summed E-state index contributed by atoms with van der Waals surface area (Å²) in [4.78, 5) is 0. The second kappa shape index (κ2) is 12.1. The number of aryl methyl sites for hydroxylation is 1. The molecule has 0 aromatic heterocycles. The number of unbranched alkanes of at least 4 members (excludes halogenated alkanes) is 10. The average molecular weight is 341 g/mol. The summed E-state index contributed by atoms with van der Waals surface area (Å²) in [5.41, 5.74) is 2.44. The molecular weight excluding hydrogens is 304 g/mol. The van der Waals surface area contributed by atoms with Gasteiger partial charge in [-0.15, -0.1) is 0 Å². The lowest BCUT2D eigenvalue weighted by atomic mass is 10.0. The van der Waals surface area contributed by atoms with Gasteiger partial charge in [-0.1, -0.05) is 101 Å². The molecule has 0 heterocycles. The molecule has 1 heteroatoms. The van der Waals surface area contributed by atoms with Crippen LogP contribution in [-0.2, 0) is 13.0 Å². The van der Waals surface area contributed by atoms with Crippen molar-refractivity contribution >= 4 is 10.8 Å². The molecule has 0 unspecified atom stereocenters. The molecule has 1 nitrogen and oxygen atoms in total. The van der Waals surface area contributed by atoms with E-state index in [2.05, 4.69) is 37.3 Å². The molecule has 0 saturated carbocycles. The number of aliphatic hydroxyl groups excluding tert-OH is 1. The minimum atomic E-state index is 0.121. The van der Waals surface area contributed by atoms with Gasteiger partial charge in [-0.2, -0.15) is 0 Å². The van der Waals surface area contributed by atoms with Crippen molar-refractivity contribution in [2.24, 2.45) is 0 Å². The Balaban J connectivity index is 1.57. The molecule has 25 heavy (non-hydrogen) atoms. The van der Waals surface area contributed by atoms with Gasteiger partial charge in [0.2, 0.25) is 0 Å². The Hall–Kier alpha value is -1.34. The predicted molar refractivity (Wildman–Crippen MR) is 110 cm³/mol.